The zero-order valence-corrected chi connectivity index (χ0v) is 21.9. The summed E-state index contributed by atoms with van der Waals surface area (Å²) < 4.78 is 20.4. The molecule has 0 aromatic rings. The topological polar surface area (TPSA) is 44.8 Å². The van der Waals surface area contributed by atoms with Crippen LogP contribution in [-0.2, 0) is 18.7 Å². The van der Waals surface area contributed by atoms with Crippen LogP contribution in [0.2, 0.25) is 18.1 Å². The van der Waals surface area contributed by atoms with E-state index in [4.69, 9.17) is 13.9 Å². The lowest BCUT2D eigenvalue weighted by molar-refractivity contribution is -0.290. The SMILES string of the molecule is C=CCC[C@@]12CC[C@]3(O1)[C@@H]1CC[C@H](O[Si](C)(C)C(C)(C)C)[C@@]1(C)CC[C@]3(OC)CC2=O. The van der Waals surface area contributed by atoms with E-state index in [2.05, 4.69) is 47.4 Å². The molecule has 0 aromatic heterocycles. The summed E-state index contributed by atoms with van der Waals surface area (Å²) in [5.74, 6) is 0.627. The van der Waals surface area contributed by atoms with Gasteiger partial charge in [0.1, 0.15) is 16.8 Å². The number of hydrogen-bond acceptors (Lipinski definition) is 4. The third-order valence-corrected chi connectivity index (χ3v) is 14.8. The summed E-state index contributed by atoms with van der Waals surface area (Å²) in [4.78, 5) is 13.4. The Morgan fingerprint density at radius 3 is 2.52 bits per heavy atom. The monoisotopic (exact) mass is 448 g/mol. The van der Waals surface area contributed by atoms with Crippen LogP contribution in [0.3, 0.4) is 0 Å². The third kappa shape index (κ3) is 3.13. The number of rotatable bonds is 6. The highest BCUT2D eigenvalue weighted by Gasteiger charge is 2.76. The Kier molecular flexibility index (Phi) is 5.53. The molecule has 2 aliphatic carbocycles. The Labute approximate surface area is 190 Å². The molecule has 5 heteroatoms. The van der Waals surface area contributed by atoms with Gasteiger partial charge >= 0.3 is 0 Å². The van der Waals surface area contributed by atoms with Crippen LogP contribution in [0.5, 0.6) is 0 Å². The van der Waals surface area contributed by atoms with Crippen molar-refractivity contribution < 1.29 is 18.7 Å². The number of carbonyl (C=O) groups is 1. The molecule has 176 valence electrons. The fraction of sp³-hybridized carbons (Fsp3) is 0.885. The Morgan fingerprint density at radius 1 is 1.19 bits per heavy atom. The number of carbonyl (C=O) groups excluding carboxylic acids is 1. The van der Waals surface area contributed by atoms with Gasteiger partial charge in [0.2, 0.25) is 0 Å². The van der Waals surface area contributed by atoms with Crippen molar-refractivity contribution >= 4 is 14.1 Å². The second-order valence-corrected chi connectivity index (χ2v) is 17.4. The van der Waals surface area contributed by atoms with Crippen molar-refractivity contribution in [3.05, 3.63) is 12.7 Å². The number of fused-ring (bicyclic) bond motifs is 2. The molecular weight excluding hydrogens is 404 g/mol. The van der Waals surface area contributed by atoms with Gasteiger partial charge in [0, 0.05) is 13.5 Å². The maximum atomic E-state index is 13.4. The second kappa shape index (κ2) is 7.25. The van der Waals surface area contributed by atoms with Crippen LogP contribution in [0.15, 0.2) is 12.7 Å². The molecule has 2 saturated carbocycles. The standard InChI is InChI=1S/C26H44O4Si/c1-9-10-13-24-15-17-26(30-24)19-11-12-21(29-31(7,8)22(2,3)4)23(19,5)14-16-25(26,28-6)18-20(24)27/h9,19,21H,1,10-18H2,2-8H3/t19-,21+,23+,24+,25+,26+/m1/s1. The van der Waals surface area contributed by atoms with Crippen molar-refractivity contribution in [1.82, 2.24) is 0 Å². The first kappa shape index (κ1) is 23.7. The van der Waals surface area contributed by atoms with Crippen molar-refractivity contribution in [3.63, 3.8) is 0 Å². The molecule has 2 bridgehead atoms. The van der Waals surface area contributed by atoms with Crippen LogP contribution in [0.25, 0.3) is 0 Å². The largest absolute Gasteiger partial charge is 0.413 e. The molecular formula is C26H44O4Si. The van der Waals surface area contributed by atoms with E-state index in [9.17, 15) is 4.79 Å². The van der Waals surface area contributed by atoms with E-state index in [1.807, 2.05) is 6.08 Å². The van der Waals surface area contributed by atoms with Gasteiger partial charge in [-0.1, -0.05) is 33.8 Å². The molecule has 0 unspecified atom stereocenters. The first-order valence-electron chi connectivity index (χ1n) is 12.4. The second-order valence-electron chi connectivity index (χ2n) is 12.6. The molecule has 4 aliphatic rings. The molecule has 0 aromatic carbocycles. The summed E-state index contributed by atoms with van der Waals surface area (Å²) in [6.07, 6.45) is 10.1. The lowest BCUT2D eigenvalue weighted by Crippen LogP contribution is -2.71. The van der Waals surface area contributed by atoms with Crippen LogP contribution in [0, 0.1) is 11.3 Å². The van der Waals surface area contributed by atoms with Gasteiger partial charge in [0.05, 0.1) is 6.10 Å². The first-order chi connectivity index (χ1) is 14.3. The Bertz CT molecular complexity index is 757. The summed E-state index contributed by atoms with van der Waals surface area (Å²) in [7, 11) is -0.0683. The zero-order chi connectivity index (χ0) is 22.9. The molecule has 0 radical (unpaired) electrons. The van der Waals surface area contributed by atoms with Crippen molar-refractivity contribution in [3.8, 4) is 0 Å². The fourth-order valence-corrected chi connectivity index (χ4v) is 8.74. The normalized spacial score (nSPS) is 44.8. The lowest BCUT2D eigenvalue weighted by Gasteiger charge is -2.62. The molecule has 4 rings (SSSR count). The van der Waals surface area contributed by atoms with Crippen molar-refractivity contribution in [2.45, 2.75) is 127 Å². The van der Waals surface area contributed by atoms with Gasteiger partial charge in [0.15, 0.2) is 14.1 Å². The zero-order valence-electron chi connectivity index (χ0n) is 20.9. The van der Waals surface area contributed by atoms with E-state index in [0.717, 1.165) is 51.4 Å². The van der Waals surface area contributed by atoms with Crippen molar-refractivity contribution in [2.24, 2.45) is 11.3 Å². The van der Waals surface area contributed by atoms with E-state index < -0.39 is 19.5 Å². The molecule has 2 heterocycles. The number of hydrogen-bond donors (Lipinski definition) is 0. The minimum atomic E-state index is -1.87. The summed E-state index contributed by atoms with van der Waals surface area (Å²) in [5.41, 5.74) is -1.40. The average Bonchev–Trinajstić information content (AvgIpc) is 3.20. The van der Waals surface area contributed by atoms with Gasteiger partial charge in [-0.25, -0.2) is 0 Å². The molecule has 2 aliphatic heterocycles. The van der Waals surface area contributed by atoms with Crippen molar-refractivity contribution in [1.29, 1.82) is 0 Å². The van der Waals surface area contributed by atoms with Gasteiger partial charge in [-0.3, -0.25) is 4.79 Å². The molecule has 0 amide bonds. The summed E-state index contributed by atoms with van der Waals surface area (Å²) in [6.45, 7) is 18.0. The molecule has 31 heavy (non-hydrogen) atoms. The van der Waals surface area contributed by atoms with Gasteiger partial charge in [0.25, 0.3) is 0 Å². The summed E-state index contributed by atoms with van der Waals surface area (Å²) in [5, 5.41) is 0.200. The lowest BCUT2D eigenvalue weighted by atomic mass is 9.53. The van der Waals surface area contributed by atoms with Crippen LogP contribution in [0.1, 0.15) is 85.5 Å². The number of Topliss-reactive ketones (excluding diaryl/α,β-unsaturated/α-hetero) is 1. The third-order valence-electron chi connectivity index (χ3n) is 10.3. The van der Waals surface area contributed by atoms with Gasteiger partial charge in [-0.2, -0.15) is 0 Å². The van der Waals surface area contributed by atoms with E-state index >= 15 is 0 Å². The highest BCUT2D eigenvalue weighted by atomic mass is 28.4. The Balaban J connectivity index is 1.69. The molecule has 1 spiro atoms. The van der Waals surface area contributed by atoms with E-state index in [1.54, 1.807) is 7.11 Å². The van der Waals surface area contributed by atoms with Crippen LogP contribution in [-0.4, -0.2) is 44.1 Å². The highest BCUT2D eigenvalue weighted by Crippen LogP contribution is 2.69. The van der Waals surface area contributed by atoms with Gasteiger partial charge in [-0.15, -0.1) is 6.58 Å². The molecule has 0 N–H and O–H groups in total. The van der Waals surface area contributed by atoms with Gasteiger partial charge < -0.3 is 13.9 Å². The van der Waals surface area contributed by atoms with Crippen LogP contribution >= 0.6 is 0 Å². The minimum Gasteiger partial charge on any atom is -0.413 e. The maximum Gasteiger partial charge on any atom is 0.192 e. The molecule has 6 atom stereocenters. The highest BCUT2D eigenvalue weighted by molar-refractivity contribution is 6.74. The van der Waals surface area contributed by atoms with Gasteiger partial charge in [-0.05, 0) is 80.8 Å². The van der Waals surface area contributed by atoms with E-state index in [0.29, 0.717) is 12.3 Å². The van der Waals surface area contributed by atoms with Crippen LogP contribution < -0.4 is 0 Å². The number of methoxy groups -OCH3 is 1. The molecule has 2 saturated heterocycles. The minimum absolute atomic E-state index is 0.0758. The van der Waals surface area contributed by atoms with E-state index in [-0.39, 0.29) is 27.9 Å². The first-order valence-corrected chi connectivity index (χ1v) is 15.3. The quantitative estimate of drug-likeness (QED) is 0.358. The predicted octanol–water partition coefficient (Wildman–Crippen LogP) is 6.20. The average molecular weight is 449 g/mol. The summed E-state index contributed by atoms with van der Waals surface area (Å²) in [6, 6.07) is 0. The summed E-state index contributed by atoms with van der Waals surface area (Å²) >= 11 is 0. The fourth-order valence-electron chi connectivity index (χ4n) is 7.29. The Hall–Kier alpha value is -0.493. The van der Waals surface area contributed by atoms with Crippen molar-refractivity contribution in [2.75, 3.05) is 7.11 Å². The molecule has 4 nitrogen and oxygen atoms in total. The number of ether oxygens (including phenoxy) is 2. The maximum absolute atomic E-state index is 13.4. The molecule has 4 fully saturated rings. The predicted molar refractivity (Wildman–Crippen MR) is 127 cm³/mol. The van der Waals surface area contributed by atoms with E-state index in [1.165, 1.54) is 0 Å². The van der Waals surface area contributed by atoms with Crippen LogP contribution in [0.4, 0.5) is 0 Å². The Morgan fingerprint density at radius 2 is 1.90 bits per heavy atom. The number of ketones is 1. The number of allylic oxidation sites excluding steroid dienone is 1. The smallest absolute Gasteiger partial charge is 0.192 e.